The van der Waals surface area contributed by atoms with Crippen molar-refractivity contribution in [2.75, 3.05) is 0 Å². The van der Waals surface area contributed by atoms with Crippen molar-refractivity contribution in [1.82, 2.24) is 5.32 Å². The van der Waals surface area contributed by atoms with Gasteiger partial charge < -0.3 is 5.32 Å². The fraction of sp³-hybridized carbons (Fsp3) is 0.167. The van der Waals surface area contributed by atoms with Crippen molar-refractivity contribution in [2.24, 2.45) is 0 Å². The molecule has 88 valence electrons. The number of allylic oxidation sites excluding steroid dienone is 1. The van der Waals surface area contributed by atoms with E-state index in [2.05, 4.69) is 5.32 Å². The number of carbonyl (C=O) groups excluding carboxylic acids is 1. The highest BCUT2D eigenvalue weighted by Gasteiger charge is 2.11. The van der Waals surface area contributed by atoms with E-state index in [1.54, 1.807) is 19.1 Å². The Hall–Kier alpha value is -1.50. The lowest BCUT2D eigenvalue weighted by atomic mass is 10.2. The van der Waals surface area contributed by atoms with E-state index in [0.717, 1.165) is 0 Å². The van der Waals surface area contributed by atoms with Gasteiger partial charge in [-0.15, -0.1) is 0 Å². The van der Waals surface area contributed by atoms with Gasteiger partial charge in [0, 0.05) is 15.6 Å². The van der Waals surface area contributed by atoms with Crippen molar-refractivity contribution in [3.8, 4) is 6.07 Å². The molecule has 1 amide bonds. The standard InChI is InChI=1S/C12H10Cl2N2O/c1-2-3-11(7-15)16-12(17)8-4-9(13)6-10(14)5-8/h2-6,11H,1H3,(H,16,17). The molecule has 0 spiro atoms. The molecule has 5 heteroatoms. The maximum atomic E-state index is 11.8. The number of nitrogens with zero attached hydrogens (tertiary/aromatic N) is 1. The highest BCUT2D eigenvalue weighted by atomic mass is 35.5. The number of amides is 1. The van der Waals surface area contributed by atoms with Crippen LogP contribution in [0.15, 0.2) is 30.4 Å². The number of rotatable bonds is 3. The minimum Gasteiger partial charge on any atom is -0.333 e. The minimum atomic E-state index is -0.662. The van der Waals surface area contributed by atoms with Crippen molar-refractivity contribution in [2.45, 2.75) is 13.0 Å². The second-order valence-electron chi connectivity index (χ2n) is 3.26. The van der Waals surface area contributed by atoms with Crippen molar-refractivity contribution in [3.05, 3.63) is 46.0 Å². The minimum absolute atomic E-state index is 0.326. The van der Waals surface area contributed by atoms with E-state index in [1.165, 1.54) is 18.2 Å². The largest absolute Gasteiger partial charge is 0.333 e. The molecule has 1 aromatic rings. The van der Waals surface area contributed by atoms with Crippen molar-refractivity contribution in [1.29, 1.82) is 5.26 Å². The molecule has 0 heterocycles. The first-order valence-electron chi connectivity index (χ1n) is 4.86. The Morgan fingerprint density at radius 3 is 2.47 bits per heavy atom. The maximum absolute atomic E-state index is 11.8. The zero-order valence-corrected chi connectivity index (χ0v) is 10.6. The Morgan fingerprint density at radius 1 is 1.41 bits per heavy atom. The van der Waals surface area contributed by atoms with Crippen LogP contribution in [0, 0.1) is 11.3 Å². The number of halogens is 2. The second kappa shape index (κ2) is 6.29. The van der Waals surface area contributed by atoms with Crippen LogP contribution in [0.2, 0.25) is 10.0 Å². The molecule has 1 unspecified atom stereocenters. The second-order valence-corrected chi connectivity index (χ2v) is 4.14. The molecule has 0 saturated heterocycles. The molecule has 0 aliphatic carbocycles. The van der Waals surface area contributed by atoms with E-state index in [1.807, 2.05) is 6.07 Å². The third-order valence-corrected chi connectivity index (χ3v) is 2.37. The van der Waals surface area contributed by atoms with Gasteiger partial charge in [0.25, 0.3) is 5.91 Å². The average Bonchev–Trinajstić information content (AvgIpc) is 2.27. The van der Waals surface area contributed by atoms with Crippen LogP contribution in [-0.4, -0.2) is 11.9 Å². The quantitative estimate of drug-likeness (QED) is 0.857. The van der Waals surface area contributed by atoms with Gasteiger partial charge in [0.15, 0.2) is 0 Å². The van der Waals surface area contributed by atoms with Crippen LogP contribution in [-0.2, 0) is 0 Å². The Bertz CT molecular complexity index is 472. The Labute approximate surface area is 110 Å². The molecule has 1 atom stereocenters. The smallest absolute Gasteiger partial charge is 0.252 e. The Kier molecular flexibility index (Phi) is 5.02. The lowest BCUT2D eigenvalue weighted by molar-refractivity contribution is 0.0951. The summed E-state index contributed by atoms with van der Waals surface area (Å²) in [5.41, 5.74) is 0.326. The zero-order valence-electron chi connectivity index (χ0n) is 9.08. The van der Waals surface area contributed by atoms with Crippen LogP contribution >= 0.6 is 23.2 Å². The third kappa shape index (κ3) is 4.10. The van der Waals surface area contributed by atoms with E-state index in [0.29, 0.717) is 15.6 Å². The number of hydrogen-bond acceptors (Lipinski definition) is 2. The number of hydrogen-bond donors (Lipinski definition) is 1. The van der Waals surface area contributed by atoms with E-state index >= 15 is 0 Å². The molecule has 0 saturated carbocycles. The normalized spacial score (nSPS) is 12.1. The summed E-state index contributed by atoms with van der Waals surface area (Å²) in [6, 6.07) is 5.81. The molecule has 1 N–H and O–H groups in total. The van der Waals surface area contributed by atoms with Crippen molar-refractivity contribution < 1.29 is 4.79 Å². The highest BCUT2D eigenvalue weighted by molar-refractivity contribution is 6.35. The van der Waals surface area contributed by atoms with Crippen LogP contribution in [0.4, 0.5) is 0 Å². The SMILES string of the molecule is CC=CC(C#N)NC(=O)c1cc(Cl)cc(Cl)c1. The fourth-order valence-electron chi connectivity index (χ4n) is 1.23. The summed E-state index contributed by atoms with van der Waals surface area (Å²) in [6.45, 7) is 1.77. The van der Waals surface area contributed by atoms with Crippen LogP contribution in [0.25, 0.3) is 0 Å². The summed E-state index contributed by atoms with van der Waals surface area (Å²) in [5.74, 6) is -0.390. The number of nitriles is 1. The first-order chi connectivity index (χ1) is 8.06. The van der Waals surface area contributed by atoms with E-state index in [9.17, 15) is 4.79 Å². The van der Waals surface area contributed by atoms with Gasteiger partial charge in [0.1, 0.15) is 6.04 Å². The van der Waals surface area contributed by atoms with Crippen LogP contribution in [0.1, 0.15) is 17.3 Å². The first kappa shape index (κ1) is 13.6. The Balaban J connectivity index is 2.86. The zero-order chi connectivity index (χ0) is 12.8. The summed E-state index contributed by atoms with van der Waals surface area (Å²) in [5, 5.41) is 12.1. The van der Waals surface area contributed by atoms with Gasteiger partial charge in [0.2, 0.25) is 0 Å². The maximum Gasteiger partial charge on any atom is 0.252 e. The molecule has 0 aliphatic rings. The molecule has 0 radical (unpaired) electrons. The Morgan fingerprint density at radius 2 is 2.00 bits per heavy atom. The van der Waals surface area contributed by atoms with Crippen LogP contribution in [0.3, 0.4) is 0 Å². The lowest BCUT2D eigenvalue weighted by Crippen LogP contribution is -2.32. The van der Waals surface area contributed by atoms with Gasteiger partial charge in [-0.1, -0.05) is 35.4 Å². The van der Waals surface area contributed by atoms with Gasteiger partial charge in [-0.2, -0.15) is 5.26 Å². The average molecular weight is 269 g/mol. The molecule has 17 heavy (non-hydrogen) atoms. The molecular formula is C12H10Cl2N2O. The molecule has 0 aromatic heterocycles. The molecule has 1 rings (SSSR count). The summed E-state index contributed by atoms with van der Waals surface area (Å²) in [4.78, 5) is 11.8. The van der Waals surface area contributed by atoms with Gasteiger partial charge in [-0.25, -0.2) is 0 Å². The van der Waals surface area contributed by atoms with E-state index in [4.69, 9.17) is 28.5 Å². The molecule has 1 aromatic carbocycles. The topological polar surface area (TPSA) is 52.9 Å². The van der Waals surface area contributed by atoms with Crippen LogP contribution in [0.5, 0.6) is 0 Å². The van der Waals surface area contributed by atoms with E-state index < -0.39 is 6.04 Å². The number of nitrogens with one attached hydrogen (secondary N) is 1. The predicted octanol–water partition coefficient (Wildman–Crippen LogP) is 3.19. The van der Waals surface area contributed by atoms with Crippen LogP contribution < -0.4 is 5.32 Å². The summed E-state index contributed by atoms with van der Waals surface area (Å²) in [6.07, 6.45) is 3.28. The molecule has 0 aliphatic heterocycles. The van der Waals surface area contributed by atoms with E-state index in [-0.39, 0.29) is 5.91 Å². The first-order valence-corrected chi connectivity index (χ1v) is 5.62. The lowest BCUT2D eigenvalue weighted by Gasteiger charge is -2.08. The highest BCUT2D eigenvalue weighted by Crippen LogP contribution is 2.19. The third-order valence-electron chi connectivity index (χ3n) is 1.94. The van der Waals surface area contributed by atoms with Gasteiger partial charge in [-0.3, -0.25) is 4.79 Å². The summed E-state index contributed by atoms with van der Waals surface area (Å²) in [7, 11) is 0. The van der Waals surface area contributed by atoms with Crippen molar-refractivity contribution >= 4 is 29.1 Å². The van der Waals surface area contributed by atoms with Gasteiger partial charge in [-0.05, 0) is 25.1 Å². The van der Waals surface area contributed by atoms with Gasteiger partial charge in [0.05, 0.1) is 6.07 Å². The predicted molar refractivity (Wildman–Crippen MR) is 68.1 cm³/mol. The molecule has 3 nitrogen and oxygen atoms in total. The van der Waals surface area contributed by atoms with Crippen molar-refractivity contribution in [3.63, 3.8) is 0 Å². The fourth-order valence-corrected chi connectivity index (χ4v) is 1.75. The summed E-state index contributed by atoms with van der Waals surface area (Å²) < 4.78 is 0. The summed E-state index contributed by atoms with van der Waals surface area (Å²) >= 11 is 11.6. The number of benzene rings is 1. The molecule has 0 fully saturated rings. The molecular weight excluding hydrogens is 259 g/mol. The molecule has 0 bridgehead atoms. The number of carbonyl (C=O) groups is 1. The monoisotopic (exact) mass is 268 g/mol. The van der Waals surface area contributed by atoms with Gasteiger partial charge >= 0.3 is 0 Å².